The third kappa shape index (κ3) is 4.78. The van der Waals surface area contributed by atoms with E-state index in [1.165, 1.54) is 0 Å². The second-order valence-corrected chi connectivity index (χ2v) is 8.24. The number of ether oxygens (including phenoxy) is 2. The van der Waals surface area contributed by atoms with Gasteiger partial charge in [0.15, 0.2) is 11.5 Å². The first kappa shape index (κ1) is 21.7. The summed E-state index contributed by atoms with van der Waals surface area (Å²) in [5.74, 6) is 1.39. The van der Waals surface area contributed by atoms with Gasteiger partial charge in [-0.2, -0.15) is 0 Å². The summed E-state index contributed by atoms with van der Waals surface area (Å²) in [6, 6.07) is 14.4. The largest absolute Gasteiger partial charge is 0.454 e. The average Bonchev–Trinajstić information content (AvgIpc) is 3.36. The van der Waals surface area contributed by atoms with Crippen molar-refractivity contribution in [3.05, 3.63) is 72.1 Å². The van der Waals surface area contributed by atoms with Crippen LogP contribution >= 0.6 is 0 Å². The van der Waals surface area contributed by atoms with Crippen molar-refractivity contribution in [3.63, 3.8) is 0 Å². The van der Waals surface area contributed by atoms with Crippen LogP contribution in [0.2, 0.25) is 0 Å². The molecule has 1 saturated heterocycles. The maximum atomic E-state index is 13.1. The molecular weight excluding hydrogens is 434 g/mol. The number of piperidine rings is 1. The van der Waals surface area contributed by atoms with Gasteiger partial charge in [-0.3, -0.25) is 9.59 Å². The van der Waals surface area contributed by atoms with Gasteiger partial charge < -0.3 is 25.0 Å². The Hall–Kier alpha value is -4.14. The van der Waals surface area contributed by atoms with Crippen LogP contribution in [0.4, 0.5) is 11.6 Å². The number of hydrogen-bond donors (Lipinski definition) is 2. The van der Waals surface area contributed by atoms with Crippen LogP contribution in [0.15, 0.2) is 60.9 Å². The van der Waals surface area contributed by atoms with Crippen LogP contribution in [0.5, 0.6) is 11.5 Å². The van der Waals surface area contributed by atoms with E-state index in [1.54, 1.807) is 42.7 Å². The van der Waals surface area contributed by atoms with Crippen LogP contribution in [-0.2, 0) is 11.3 Å². The van der Waals surface area contributed by atoms with E-state index in [1.807, 2.05) is 23.1 Å². The number of nitrogens with one attached hydrogen (secondary N) is 2. The molecule has 0 saturated carbocycles. The van der Waals surface area contributed by atoms with Crippen LogP contribution in [0.3, 0.4) is 0 Å². The standard InChI is InChI=1S/C25H25N5O4/c31-23(18-5-3-12-30(15-18)25-26-10-4-11-27-25)29-20-7-2-1-6-19(20)24(32)28-14-17-8-9-21-22(13-17)34-16-33-21/h1-2,4,6-11,13,18H,3,5,12,14-16H2,(H,28,32)(H,29,31). The van der Waals surface area contributed by atoms with Crippen LogP contribution in [0.25, 0.3) is 0 Å². The Morgan fingerprint density at radius 1 is 1.03 bits per heavy atom. The van der Waals surface area contributed by atoms with Gasteiger partial charge in [-0.25, -0.2) is 9.97 Å². The lowest BCUT2D eigenvalue weighted by Gasteiger charge is -2.32. The molecule has 1 aromatic heterocycles. The minimum absolute atomic E-state index is 0.114. The number of rotatable bonds is 6. The molecule has 2 aromatic carbocycles. The smallest absolute Gasteiger partial charge is 0.253 e. The van der Waals surface area contributed by atoms with E-state index in [2.05, 4.69) is 20.6 Å². The van der Waals surface area contributed by atoms with Gasteiger partial charge in [0.05, 0.1) is 17.2 Å². The zero-order valence-corrected chi connectivity index (χ0v) is 18.6. The van der Waals surface area contributed by atoms with Gasteiger partial charge in [0.1, 0.15) is 0 Å². The number of fused-ring (bicyclic) bond motifs is 1. The Bertz CT molecular complexity index is 1190. The topological polar surface area (TPSA) is 106 Å². The molecule has 3 aromatic rings. The van der Waals surface area contributed by atoms with Crippen molar-refractivity contribution in [2.24, 2.45) is 5.92 Å². The third-order valence-electron chi connectivity index (χ3n) is 5.95. The quantitative estimate of drug-likeness (QED) is 0.584. The minimum Gasteiger partial charge on any atom is -0.454 e. The lowest BCUT2D eigenvalue weighted by Crippen LogP contribution is -2.41. The highest BCUT2D eigenvalue weighted by Crippen LogP contribution is 2.32. The summed E-state index contributed by atoms with van der Waals surface area (Å²) in [5.41, 5.74) is 1.80. The molecule has 0 bridgehead atoms. The molecule has 1 fully saturated rings. The molecule has 9 heteroatoms. The number of benzene rings is 2. The number of anilines is 2. The summed E-state index contributed by atoms with van der Waals surface area (Å²) in [6.07, 6.45) is 5.04. The molecule has 0 radical (unpaired) electrons. The van der Waals surface area contributed by atoms with E-state index in [0.29, 0.717) is 41.8 Å². The molecular formula is C25H25N5O4. The third-order valence-corrected chi connectivity index (χ3v) is 5.95. The first-order chi connectivity index (χ1) is 16.7. The van der Waals surface area contributed by atoms with Crippen molar-refractivity contribution in [1.29, 1.82) is 0 Å². The highest BCUT2D eigenvalue weighted by atomic mass is 16.7. The van der Waals surface area contributed by atoms with Crippen LogP contribution in [0, 0.1) is 5.92 Å². The summed E-state index contributed by atoms with van der Waals surface area (Å²) in [4.78, 5) is 36.6. The fourth-order valence-electron chi connectivity index (χ4n) is 4.18. The van der Waals surface area contributed by atoms with Gasteiger partial charge in [-0.15, -0.1) is 0 Å². The van der Waals surface area contributed by atoms with E-state index in [4.69, 9.17) is 9.47 Å². The summed E-state index contributed by atoms with van der Waals surface area (Å²) >= 11 is 0. The molecule has 3 heterocycles. The zero-order valence-electron chi connectivity index (χ0n) is 18.6. The van der Waals surface area contributed by atoms with Crippen molar-refractivity contribution >= 4 is 23.5 Å². The SMILES string of the molecule is O=C(NCc1ccc2c(c1)OCO2)c1ccccc1NC(=O)C1CCCN(c2ncccn2)C1. The van der Waals surface area contributed by atoms with Crippen molar-refractivity contribution in [1.82, 2.24) is 15.3 Å². The Morgan fingerprint density at radius 3 is 2.74 bits per heavy atom. The van der Waals surface area contributed by atoms with E-state index in [0.717, 1.165) is 24.9 Å². The molecule has 1 atom stereocenters. The summed E-state index contributed by atoms with van der Waals surface area (Å²) in [5, 5.41) is 5.88. The van der Waals surface area contributed by atoms with E-state index < -0.39 is 0 Å². The molecule has 2 aliphatic rings. The fourth-order valence-corrected chi connectivity index (χ4v) is 4.18. The van der Waals surface area contributed by atoms with Crippen molar-refractivity contribution in [2.45, 2.75) is 19.4 Å². The van der Waals surface area contributed by atoms with Crippen molar-refractivity contribution in [2.75, 3.05) is 30.1 Å². The predicted molar refractivity (Wildman–Crippen MR) is 126 cm³/mol. The maximum Gasteiger partial charge on any atom is 0.253 e. The van der Waals surface area contributed by atoms with Gasteiger partial charge in [0, 0.05) is 32.0 Å². The molecule has 2 amide bonds. The summed E-state index contributed by atoms with van der Waals surface area (Å²) in [6.45, 7) is 1.88. The van der Waals surface area contributed by atoms with Gasteiger partial charge in [-0.05, 0) is 48.7 Å². The number of carbonyl (C=O) groups excluding carboxylic acids is 2. The van der Waals surface area contributed by atoms with E-state index >= 15 is 0 Å². The van der Waals surface area contributed by atoms with Crippen LogP contribution in [-0.4, -0.2) is 41.7 Å². The lowest BCUT2D eigenvalue weighted by atomic mass is 9.97. The number of nitrogens with zero attached hydrogens (tertiary/aromatic N) is 3. The maximum absolute atomic E-state index is 13.1. The molecule has 5 rings (SSSR count). The molecule has 0 spiro atoms. The van der Waals surface area contributed by atoms with E-state index in [-0.39, 0.29) is 24.5 Å². The van der Waals surface area contributed by atoms with Gasteiger partial charge in [0.2, 0.25) is 18.6 Å². The molecule has 9 nitrogen and oxygen atoms in total. The molecule has 174 valence electrons. The van der Waals surface area contributed by atoms with Gasteiger partial charge in [0.25, 0.3) is 5.91 Å². The highest BCUT2D eigenvalue weighted by Gasteiger charge is 2.28. The van der Waals surface area contributed by atoms with Crippen LogP contribution < -0.4 is 25.0 Å². The monoisotopic (exact) mass is 459 g/mol. The molecule has 2 N–H and O–H groups in total. The van der Waals surface area contributed by atoms with Gasteiger partial charge >= 0.3 is 0 Å². The predicted octanol–water partition coefficient (Wildman–Crippen LogP) is 2.99. The first-order valence-electron chi connectivity index (χ1n) is 11.3. The second kappa shape index (κ2) is 9.78. The summed E-state index contributed by atoms with van der Waals surface area (Å²) < 4.78 is 10.7. The Morgan fingerprint density at radius 2 is 1.85 bits per heavy atom. The molecule has 2 aliphatic heterocycles. The van der Waals surface area contributed by atoms with Crippen LogP contribution in [0.1, 0.15) is 28.8 Å². The number of para-hydroxylation sites is 1. The molecule has 1 unspecified atom stereocenters. The second-order valence-electron chi connectivity index (χ2n) is 8.24. The average molecular weight is 460 g/mol. The number of carbonyl (C=O) groups is 2. The van der Waals surface area contributed by atoms with E-state index in [9.17, 15) is 9.59 Å². The highest BCUT2D eigenvalue weighted by molar-refractivity contribution is 6.04. The summed E-state index contributed by atoms with van der Waals surface area (Å²) in [7, 11) is 0. The first-order valence-corrected chi connectivity index (χ1v) is 11.3. The fraction of sp³-hybridized carbons (Fsp3) is 0.280. The molecule has 34 heavy (non-hydrogen) atoms. The lowest BCUT2D eigenvalue weighted by molar-refractivity contribution is -0.120. The Kier molecular flexibility index (Phi) is 6.24. The number of hydrogen-bond acceptors (Lipinski definition) is 7. The Balaban J connectivity index is 1.22. The normalized spacial score (nSPS) is 16.7. The van der Waals surface area contributed by atoms with Gasteiger partial charge in [-0.1, -0.05) is 18.2 Å². The van der Waals surface area contributed by atoms with Crippen molar-refractivity contribution < 1.29 is 19.1 Å². The Labute approximate surface area is 197 Å². The zero-order chi connectivity index (χ0) is 23.3. The number of amides is 2. The number of aromatic nitrogens is 2. The minimum atomic E-state index is -0.267. The molecule has 0 aliphatic carbocycles. The van der Waals surface area contributed by atoms with Crippen molar-refractivity contribution in [3.8, 4) is 11.5 Å².